The summed E-state index contributed by atoms with van der Waals surface area (Å²) in [4.78, 5) is 21.2. The number of benzene rings is 1. The summed E-state index contributed by atoms with van der Waals surface area (Å²) in [6.07, 6.45) is 5.46. The number of H-pyrrole nitrogens is 1. The van der Waals surface area contributed by atoms with Gasteiger partial charge < -0.3 is 25.1 Å². The van der Waals surface area contributed by atoms with Crippen molar-refractivity contribution >= 4 is 46.7 Å². The second kappa shape index (κ2) is 12.3. The molecule has 1 aromatic carbocycles. The molecule has 2 aromatic heterocycles. The third kappa shape index (κ3) is 6.94. The molecule has 0 aliphatic carbocycles. The Balaban J connectivity index is 0.00000341. The van der Waals surface area contributed by atoms with E-state index >= 15 is 0 Å². The van der Waals surface area contributed by atoms with Crippen LogP contribution in [0, 0.1) is 0 Å². The quantitative estimate of drug-likeness (QED) is 0.219. The monoisotopic (exact) mass is 538 g/mol. The summed E-state index contributed by atoms with van der Waals surface area (Å²) in [5.74, 6) is 1.53. The number of carbonyl (C=O) groups is 1. The van der Waals surface area contributed by atoms with E-state index in [1.54, 1.807) is 20.4 Å². The molecule has 0 spiro atoms. The van der Waals surface area contributed by atoms with Crippen molar-refractivity contribution in [3.63, 3.8) is 0 Å². The lowest BCUT2D eigenvalue weighted by Crippen LogP contribution is -2.40. The first-order valence-corrected chi connectivity index (χ1v) is 10.2. The van der Waals surface area contributed by atoms with E-state index < -0.39 is 0 Å². The van der Waals surface area contributed by atoms with Gasteiger partial charge >= 0.3 is 0 Å². The second-order valence-electron chi connectivity index (χ2n) is 7.21. The van der Waals surface area contributed by atoms with Gasteiger partial charge in [-0.15, -0.1) is 34.2 Å². The van der Waals surface area contributed by atoms with Gasteiger partial charge in [0.2, 0.25) is 5.91 Å². The molecular formula is C21H31IN8O. The smallest absolute Gasteiger partial charge is 0.243 e. The van der Waals surface area contributed by atoms with E-state index in [9.17, 15) is 4.79 Å². The first-order chi connectivity index (χ1) is 14.6. The van der Waals surface area contributed by atoms with E-state index in [1.807, 2.05) is 22.9 Å². The summed E-state index contributed by atoms with van der Waals surface area (Å²) < 4.78 is 2.02. The Kier molecular flexibility index (Phi) is 9.76. The Morgan fingerprint density at radius 1 is 1.23 bits per heavy atom. The van der Waals surface area contributed by atoms with Gasteiger partial charge in [0.25, 0.3) is 0 Å². The molecule has 3 N–H and O–H groups in total. The number of halogens is 1. The maximum absolute atomic E-state index is 11.9. The fourth-order valence-corrected chi connectivity index (χ4v) is 3.15. The van der Waals surface area contributed by atoms with Crippen molar-refractivity contribution in [1.82, 2.24) is 35.3 Å². The molecule has 9 nitrogen and oxygen atoms in total. The number of likely N-dealkylation sites (N-methyl/N-ethyl adjacent to an activating group) is 1. The van der Waals surface area contributed by atoms with Gasteiger partial charge in [0.15, 0.2) is 5.96 Å². The van der Waals surface area contributed by atoms with E-state index in [-0.39, 0.29) is 36.4 Å². The molecule has 0 radical (unpaired) electrons. The highest BCUT2D eigenvalue weighted by molar-refractivity contribution is 14.0. The summed E-state index contributed by atoms with van der Waals surface area (Å²) >= 11 is 0. The average molecular weight is 538 g/mol. The Hall–Kier alpha value is -2.63. The molecule has 10 heteroatoms. The SMILES string of the molecule is CCc1nncn1CCNC(=NCC(=O)N(C)C)NCCc1c[nH]c2ccccc12.I. The van der Waals surface area contributed by atoms with Crippen LogP contribution in [0.25, 0.3) is 10.9 Å². The Bertz CT molecular complexity index is 994. The van der Waals surface area contributed by atoms with Crippen LogP contribution in [0.4, 0.5) is 0 Å². The zero-order chi connectivity index (χ0) is 21.3. The van der Waals surface area contributed by atoms with E-state index in [4.69, 9.17) is 0 Å². The maximum Gasteiger partial charge on any atom is 0.243 e. The molecule has 0 aliphatic rings. The molecular weight excluding hydrogens is 507 g/mol. The minimum atomic E-state index is -0.0418. The lowest BCUT2D eigenvalue weighted by molar-refractivity contribution is -0.127. The number of para-hydroxylation sites is 1. The van der Waals surface area contributed by atoms with Crippen molar-refractivity contribution in [3.8, 4) is 0 Å². The van der Waals surface area contributed by atoms with Crippen molar-refractivity contribution in [2.75, 3.05) is 33.7 Å². The zero-order valence-electron chi connectivity index (χ0n) is 18.3. The Morgan fingerprint density at radius 2 is 2.00 bits per heavy atom. The van der Waals surface area contributed by atoms with Gasteiger partial charge in [0.05, 0.1) is 0 Å². The molecule has 0 bridgehead atoms. The van der Waals surface area contributed by atoms with Crippen molar-refractivity contribution < 1.29 is 4.79 Å². The first kappa shape index (κ1) is 24.6. The molecule has 168 valence electrons. The number of hydrogen-bond acceptors (Lipinski definition) is 4. The van der Waals surface area contributed by atoms with Crippen LogP contribution in [0.1, 0.15) is 18.3 Å². The molecule has 0 saturated heterocycles. The third-order valence-electron chi connectivity index (χ3n) is 4.89. The van der Waals surface area contributed by atoms with Crippen molar-refractivity contribution in [2.24, 2.45) is 4.99 Å². The standard InChI is InChI=1S/C21H30N8O.HI/c1-4-19-27-26-15-29(19)12-11-23-21(25-14-20(30)28(2)3)22-10-9-16-13-24-18-8-6-5-7-17(16)18;/h5-8,13,15,24H,4,9-12,14H2,1-3H3,(H2,22,23,25);1H. The highest BCUT2D eigenvalue weighted by atomic mass is 127. The highest BCUT2D eigenvalue weighted by Crippen LogP contribution is 2.17. The first-order valence-electron chi connectivity index (χ1n) is 10.2. The van der Waals surface area contributed by atoms with Gasteiger partial charge in [-0.3, -0.25) is 4.79 Å². The van der Waals surface area contributed by atoms with Crippen molar-refractivity contribution in [1.29, 1.82) is 0 Å². The normalized spacial score (nSPS) is 11.3. The molecule has 2 heterocycles. The molecule has 31 heavy (non-hydrogen) atoms. The van der Waals surface area contributed by atoms with Gasteiger partial charge in [-0.1, -0.05) is 25.1 Å². The number of aryl methyl sites for hydroxylation is 1. The predicted molar refractivity (Wildman–Crippen MR) is 134 cm³/mol. The predicted octanol–water partition coefficient (Wildman–Crippen LogP) is 1.81. The molecule has 3 aromatic rings. The molecule has 3 rings (SSSR count). The maximum atomic E-state index is 11.9. The number of amides is 1. The highest BCUT2D eigenvalue weighted by Gasteiger charge is 2.07. The zero-order valence-corrected chi connectivity index (χ0v) is 20.6. The molecule has 0 fully saturated rings. The van der Waals surface area contributed by atoms with Crippen LogP contribution in [0.15, 0.2) is 41.8 Å². The van der Waals surface area contributed by atoms with Crippen LogP contribution in [0.2, 0.25) is 0 Å². The Labute approximate surface area is 199 Å². The lowest BCUT2D eigenvalue weighted by atomic mass is 10.1. The second-order valence-corrected chi connectivity index (χ2v) is 7.21. The van der Waals surface area contributed by atoms with E-state index in [0.29, 0.717) is 19.0 Å². The number of carbonyl (C=O) groups excluding carboxylic acids is 1. The number of fused-ring (bicyclic) bond motifs is 1. The summed E-state index contributed by atoms with van der Waals surface area (Å²) in [6, 6.07) is 8.26. The third-order valence-corrected chi connectivity index (χ3v) is 4.89. The number of rotatable bonds is 9. The van der Waals surface area contributed by atoms with Gasteiger partial charge in [-0.05, 0) is 18.1 Å². The Morgan fingerprint density at radius 3 is 2.77 bits per heavy atom. The molecule has 0 aliphatic heterocycles. The topological polar surface area (TPSA) is 103 Å². The van der Waals surface area contributed by atoms with Crippen molar-refractivity contribution in [2.45, 2.75) is 26.3 Å². The van der Waals surface area contributed by atoms with Crippen molar-refractivity contribution in [3.05, 3.63) is 48.2 Å². The van der Waals surface area contributed by atoms with Crippen LogP contribution in [0.3, 0.4) is 0 Å². The number of nitrogens with zero attached hydrogens (tertiary/aromatic N) is 5. The van der Waals surface area contributed by atoms with Crippen LogP contribution in [-0.4, -0.2) is 70.2 Å². The van der Waals surface area contributed by atoms with E-state index in [1.165, 1.54) is 15.8 Å². The lowest BCUT2D eigenvalue weighted by Gasteiger charge is -2.14. The summed E-state index contributed by atoms with van der Waals surface area (Å²) in [5, 5.41) is 15.9. The summed E-state index contributed by atoms with van der Waals surface area (Å²) in [6.45, 7) is 4.24. The van der Waals surface area contributed by atoms with E-state index in [2.05, 4.69) is 49.9 Å². The molecule has 0 atom stereocenters. The molecule has 0 unspecified atom stereocenters. The van der Waals surface area contributed by atoms with Gasteiger partial charge in [-0.2, -0.15) is 0 Å². The fraction of sp³-hybridized carbons (Fsp3) is 0.429. The number of aliphatic imine (C=N–C) groups is 1. The van der Waals surface area contributed by atoms with Gasteiger partial charge in [-0.25, -0.2) is 4.99 Å². The van der Waals surface area contributed by atoms with Crippen LogP contribution >= 0.6 is 24.0 Å². The average Bonchev–Trinajstić information content (AvgIpc) is 3.38. The summed E-state index contributed by atoms with van der Waals surface area (Å²) in [7, 11) is 3.46. The van der Waals surface area contributed by atoms with Gasteiger partial charge in [0.1, 0.15) is 18.7 Å². The number of aromatic nitrogens is 4. The summed E-state index contributed by atoms with van der Waals surface area (Å²) in [5.41, 5.74) is 2.38. The van der Waals surface area contributed by atoms with Crippen LogP contribution in [0.5, 0.6) is 0 Å². The number of hydrogen-bond donors (Lipinski definition) is 3. The largest absolute Gasteiger partial charge is 0.361 e. The number of aromatic amines is 1. The minimum absolute atomic E-state index is 0. The molecule has 1 amide bonds. The van der Waals surface area contributed by atoms with Crippen LogP contribution in [-0.2, 0) is 24.2 Å². The minimum Gasteiger partial charge on any atom is -0.361 e. The van der Waals surface area contributed by atoms with Gasteiger partial charge in [0, 0.05) is 57.3 Å². The van der Waals surface area contributed by atoms with Crippen LogP contribution < -0.4 is 10.6 Å². The van der Waals surface area contributed by atoms with E-state index in [0.717, 1.165) is 30.7 Å². The molecule has 0 saturated carbocycles. The fourth-order valence-electron chi connectivity index (χ4n) is 3.15. The number of nitrogens with one attached hydrogen (secondary N) is 3. The number of guanidine groups is 1.